The fraction of sp³-hybridized carbons (Fsp3) is 0.130. The highest BCUT2D eigenvalue weighted by Gasteiger charge is 2.47. The molecule has 0 bridgehead atoms. The minimum Gasteiger partial charge on any atom is -0.507 e. The molecule has 2 aromatic carbocycles. The van der Waals surface area contributed by atoms with E-state index in [9.17, 15) is 19.1 Å². The Bertz CT molecular complexity index is 1120. The molecule has 1 aromatic heterocycles. The van der Waals surface area contributed by atoms with Crippen LogP contribution in [0.2, 0.25) is 0 Å². The molecule has 1 unspecified atom stereocenters. The maximum absolute atomic E-state index is 14.7. The van der Waals surface area contributed by atoms with Gasteiger partial charge in [-0.25, -0.2) is 4.39 Å². The molecule has 4 rings (SSSR count). The number of aliphatic hydroxyl groups excluding tert-OH is 1. The molecule has 6 nitrogen and oxygen atoms in total. The number of likely N-dealkylation sites (tertiary alicyclic amines) is 1. The predicted octanol–water partition coefficient (Wildman–Crippen LogP) is 4.05. The van der Waals surface area contributed by atoms with E-state index in [0.29, 0.717) is 17.1 Å². The lowest BCUT2D eigenvalue weighted by molar-refractivity contribution is -0.140. The number of Topliss-reactive ketones (excluding diaryl/α,β-unsaturated/α-hetero) is 1. The first-order valence-corrected chi connectivity index (χ1v) is 9.21. The molecule has 3 aromatic rings. The SMILES string of the molecule is COc1ccc(/C(O)=C2/C(=O)C(=O)N(Cc3ccco3)C2c2ccccc2F)cc1. The summed E-state index contributed by atoms with van der Waals surface area (Å²) in [7, 11) is 1.51. The van der Waals surface area contributed by atoms with E-state index in [2.05, 4.69) is 0 Å². The average Bonchev–Trinajstić information content (AvgIpc) is 3.36. The molecule has 1 atom stereocenters. The van der Waals surface area contributed by atoms with Crippen molar-refractivity contribution in [2.45, 2.75) is 12.6 Å². The van der Waals surface area contributed by atoms with Crippen LogP contribution in [0.1, 0.15) is 22.9 Å². The van der Waals surface area contributed by atoms with Crippen molar-refractivity contribution in [3.8, 4) is 5.75 Å². The van der Waals surface area contributed by atoms with Crippen molar-refractivity contribution < 1.29 is 28.2 Å². The summed E-state index contributed by atoms with van der Waals surface area (Å²) in [5.74, 6) is -1.70. The Hall–Kier alpha value is -3.87. The molecule has 1 N–H and O–H groups in total. The summed E-state index contributed by atoms with van der Waals surface area (Å²) in [4.78, 5) is 26.9. The Kier molecular flexibility index (Phi) is 5.10. The van der Waals surface area contributed by atoms with Crippen molar-refractivity contribution in [3.63, 3.8) is 0 Å². The van der Waals surface area contributed by atoms with Gasteiger partial charge in [-0.15, -0.1) is 0 Å². The molecule has 7 heteroatoms. The number of halogens is 1. The topological polar surface area (TPSA) is 80.0 Å². The second-order valence-electron chi connectivity index (χ2n) is 6.76. The molecule has 2 heterocycles. The number of carbonyl (C=O) groups is 2. The Balaban J connectivity index is 1.87. The van der Waals surface area contributed by atoms with Gasteiger partial charge in [-0.05, 0) is 42.5 Å². The summed E-state index contributed by atoms with van der Waals surface area (Å²) in [6.45, 7) is -0.0457. The summed E-state index contributed by atoms with van der Waals surface area (Å²) >= 11 is 0. The number of amides is 1. The van der Waals surface area contributed by atoms with E-state index in [1.807, 2.05) is 0 Å². The van der Waals surface area contributed by atoms with E-state index in [1.165, 1.54) is 36.5 Å². The van der Waals surface area contributed by atoms with Crippen molar-refractivity contribution in [1.29, 1.82) is 0 Å². The van der Waals surface area contributed by atoms with E-state index < -0.39 is 23.5 Å². The summed E-state index contributed by atoms with van der Waals surface area (Å²) in [5, 5.41) is 10.9. The molecule has 0 spiro atoms. The molecule has 1 aliphatic rings. The van der Waals surface area contributed by atoms with Gasteiger partial charge in [0.05, 0.1) is 31.5 Å². The highest BCUT2D eigenvalue weighted by molar-refractivity contribution is 6.46. The van der Waals surface area contributed by atoms with Crippen molar-refractivity contribution in [3.05, 3.63) is 95.2 Å². The third kappa shape index (κ3) is 3.34. The number of ether oxygens (including phenoxy) is 1. The maximum atomic E-state index is 14.7. The monoisotopic (exact) mass is 407 g/mol. The van der Waals surface area contributed by atoms with Gasteiger partial charge in [0.2, 0.25) is 0 Å². The van der Waals surface area contributed by atoms with E-state index in [4.69, 9.17) is 9.15 Å². The summed E-state index contributed by atoms with van der Waals surface area (Å²) in [6, 6.07) is 14.4. The number of aliphatic hydroxyl groups is 1. The largest absolute Gasteiger partial charge is 0.507 e. The molecule has 1 amide bonds. The zero-order valence-corrected chi connectivity index (χ0v) is 16.0. The van der Waals surface area contributed by atoms with Crippen molar-refractivity contribution in [2.75, 3.05) is 7.11 Å². The standard InChI is InChI=1S/C23H18FNO5/c1-29-15-10-8-14(9-11-15)21(26)19-20(17-6-2-3-7-18(17)24)25(23(28)22(19)27)13-16-5-4-12-30-16/h2-12,20,26H,13H2,1H3/b21-19-. The van der Waals surface area contributed by atoms with Gasteiger partial charge in [-0.2, -0.15) is 0 Å². The van der Waals surface area contributed by atoms with Crippen LogP contribution in [0.15, 0.2) is 76.9 Å². The smallest absolute Gasteiger partial charge is 0.296 e. The van der Waals surface area contributed by atoms with E-state index >= 15 is 0 Å². The van der Waals surface area contributed by atoms with Crippen molar-refractivity contribution >= 4 is 17.4 Å². The molecule has 1 fully saturated rings. The third-order valence-corrected chi connectivity index (χ3v) is 5.01. The number of ketones is 1. The number of methoxy groups -OCH3 is 1. The zero-order valence-electron chi connectivity index (χ0n) is 16.0. The molecule has 30 heavy (non-hydrogen) atoms. The van der Waals surface area contributed by atoms with Gasteiger partial charge in [0.15, 0.2) is 0 Å². The first kappa shape index (κ1) is 19.4. The molecular formula is C23H18FNO5. The summed E-state index contributed by atoms with van der Waals surface area (Å²) in [5.41, 5.74) is 0.244. The minimum atomic E-state index is -1.10. The first-order valence-electron chi connectivity index (χ1n) is 9.21. The quantitative estimate of drug-likeness (QED) is 0.392. The molecule has 0 aliphatic carbocycles. The number of rotatable bonds is 5. The number of hydrogen-bond donors (Lipinski definition) is 1. The van der Waals surface area contributed by atoms with Gasteiger partial charge < -0.3 is 19.2 Å². The number of benzene rings is 2. The van der Waals surface area contributed by atoms with Gasteiger partial charge >= 0.3 is 0 Å². The van der Waals surface area contributed by atoms with E-state index in [-0.39, 0.29) is 23.4 Å². The molecule has 0 radical (unpaired) electrons. The average molecular weight is 407 g/mol. The van der Waals surface area contributed by atoms with Crippen molar-refractivity contribution in [1.82, 2.24) is 4.90 Å². The van der Waals surface area contributed by atoms with E-state index in [0.717, 1.165) is 0 Å². The lowest BCUT2D eigenvalue weighted by Crippen LogP contribution is -2.29. The highest BCUT2D eigenvalue weighted by Crippen LogP contribution is 2.41. The molecular weight excluding hydrogens is 389 g/mol. The Labute approximate surface area is 171 Å². The maximum Gasteiger partial charge on any atom is 0.296 e. The zero-order chi connectivity index (χ0) is 21.3. The van der Waals surface area contributed by atoms with Crippen LogP contribution < -0.4 is 4.74 Å². The van der Waals surface area contributed by atoms with Gasteiger partial charge in [-0.3, -0.25) is 9.59 Å². The molecule has 1 aliphatic heterocycles. The van der Waals surface area contributed by atoms with Crippen LogP contribution in [-0.4, -0.2) is 28.8 Å². The highest BCUT2D eigenvalue weighted by atomic mass is 19.1. The van der Waals surface area contributed by atoms with Crippen LogP contribution >= 0.6 is 0 Å². The van der Waals surface area contributed by atoms with Crippen LogP contribution in [0.4, 0.5) is 4.39 Å². The Morgan fingerprint density at radius 1 is 1.10 bits per heavy atom. The van der Waals surface area contributed by atoms with Crippen LogP contribution in [-0.2, 0) is 16.1 Å². The second-order valence-corrected chi connectivity index (χ2v) is 6.76. The Morgan fingerprint density at radius 3 is 2.47 bits per heavy atom. The number of carbonyl (C=O) groups excluding carboxylic acids is 2. The van der Waals surface area contributed by atoms with Crippen LogP contribution in [0.3, 0.4) is 0 Å². The number of nitrogens with zero attached hydrogens (tertiary/aromatic N) is 1. The lowest BCUT2D eigenvalue weighted by Gasteiger charge is -2.24. The van der Waals surface area contributed by atoms with Crippen LogP contribution in [0.5, 0.6) is 5.75 Å². The van der Waals surface area contributed by atoms with Gasteiger partial charge in [0, 0.05) is 11.1 Å². The van der Waals surface area contributed by atoms with Crippen LogP contribution in [0, 0.1) is 5.82 Å². The first-order chi connectivity index (χ1) is 14.5. The summed E-state index contributed by atoms with van der Waals surface area (Å²) in [6.07, 6.45) is 1.45. The third-order valence-electron chi connectivity index (χ3n) is 5.01. The van der Waals surface area contributed by atoms with Gasteiger partial charge in [0.25, 0.3) is 11.7 Å². The van der Waals surface area contributed by atoms with Crippen LogP contribution in [0.25, 0.3) is 5.76 Å². The van der Waals surface area contributed by atoms with Crippen molar-refractivity contribution in [2.24, 2.45) is 0 Å². The Morgan fingerprint density at radius 2 is 1.83 bits per heavy atom. The predicted molar refractivity (Wildman–Crippen MR) is 106 cm³/mol. The fourth-order valence-corrected chi connectivity index (χ4v) is 3.54. The number of furan rings is 1. The summed E-state index contributed by atoms with van der Waals surface area (Å²) < 4.78 is 25.1. The molecule has 1 saturated heterocycles. The number of hydrogen-bond acceptors (Lipinski definition) is 5. The van der Waals surface area contributed by atoms with E-state index in [1.54, 1.807) is 42.5 Å². The molecule has 152 valence electrons. The minimum absolute atomic E-state index is 0.0457. The lowest BCUT2D eigenvalue weighted by atomic mass is 9.95. The fourth-order valence-electron chi connectivity index (χ4n) is 3.54. The van der Waals surface area contributed by atoms with Gasteiger partial charge in [0.1, 0.15) is 23.1 Å². The normalized spacial score (nSPS) is 18.1. The second kappa shape index (κ2) is 7.87. The molecule has 0 saturated carbocycles. The van der Waals surface area contributed by atoms with Gasteiger partial charge in [-0.1, -0.05) is 18.2 Å².